The van der Waals surface area contributed by atoms with Crippen LogP contribution >= 0.6 is 7.37 Å². The van der Waals surface area contributed by atoms with Crippen LogP contribution in [0.3, 0.4) is 0 Å². The van der Waals surface area contributed by atoms with Crippen molar-refractivity contribution in [1.82, 2.24) is 0 Å². The Morgan fingerprint density at radius 3 is 1.15 bits per heavy atom. The zero-order valence-electron chi connectivity index (χ0n) is 23.3. The molecule has 3 rings (SSSR count). The second-order valence-corrected chi connectivity index (χ2v) is 15.8. The molecule has 2 aromatic carbocycles. The van der Waals surface area contributed by atoms with Gasteiger partial charge in [-0.1, -0.05) is 107 Å². The van der Waals surface area contributed by atoms with E-state index in [2.05, 4.69) is 107 Å². The Bertz CT molecular complexity index is 1030. The topological polar surface area (TPSA) is 40.1 Å². The molecular formula is C29H42NaO2P. The van der Waals surface area contributed by atoms with E-state index in [1.807, 2.05) is 0 Å². The Kier molecular flexibility index (Phi) is 7.55. The first-order valence-electron chi connectivity index (χ1n) is 11.8. The third kappa shape index (κ3) is 5.41. The maximum absolute atomic E-state index is 14.4. The van der Waals surface area contributed by atoms with Crippen molar-refractivity contribution in [3.8, 4) is 0 Å². The first-order chi connectivity index (χ1) is 14.1. The quantitative estimate of drug-likeness (QED) is 0.432. The van der Waals surface area contributed by atoms with Gasteiger partial charge in [0.15, 0.2) is 0 Å². The van der Waals surface area contributed by atoms with Crippen LogP contribution in [0.1, 0.15) is 116 Å². The molecule has 0 spiro atoms. The summed E-state index contributed by atoms with van der Waals surface area (Å²) in [5.41, 5.74) is 5.58. The predicted molar refractivity (Wildman–Crippen MR) is 137 cm³/mol. The average Bonchev–Trinajstić information content (AvgIpc) is 2.56. The van der Waals surface area contributed by atoms with Crippen molar-refractivity contribution < 1.29 is 39.0 Å². The minimum atomic E-state index is -4.03. The zero-order chi connectivity index (χ0) is 24.7. The minimum Gasteiger partial charge on any atom is -0.793 e. The van der Waals surface area contributed by atoms with Crippen molar-refractivity contribution in [2.75, 3.05) is 0 Å². The molecule has 0 saturated carbocycles. The first kappa shape index (κ1) is 28.9. The molecule has 0 N–H and O–H groups in total. The van der Waals surface area contributed by atoms with E-state index >= 15 is 0 Å². The normalized spacial score (nSPS) is 16.0. The van der Waals surface area contributed by atoms with Gasteiger partial charge in [0.2, 0.25) is 0 Å². The molecule has 176 valence electrons. The van der Waals surface area contributed by atoms with Gasteiger partial charge in [-0.25, -0.2) is 0 Å². The van der Waals surface area contributed by atoms with Crippen LogP contribution in [0.5, 0.6) is 0 Å². The molecule has 0 atom stereocenters. The molecule has 1 heterocycles. The minimum absolute atomic E-state index is 0. The van der Waals surface area contributed by atoms with E-state index in [4.69, 9.17) is 0 Å². The van der Waals surface area contributed by atoms with Crippen LogP contribution in [0.4, 0.5) is 0 Å². The molecule has 33 heavy (non-hydrogen) atoms. The Morgan fingerprint density at radius 1 is 0.606 bits per heavy atom. The zero-order valence-corrected chi connectivity index (χ0v) is 26.2. The van der Waals surface area contributed by atoms with Gasteiger partial charge in [0, 0.05) is 10.6 Å². The van der Waals surface area contributed by atoms with Crippen LogP contribution in [0.2, 0.25) is 0 Å². The largest absolute Gasteiger partial charge is 1.00 e. The Balaban J connectivity index is 0.00000385. The molecule has 2 aromatic rings. The third-order valence-electron chi connectivity index (χ3n) is 6.70. The van der Waals surface area contributed by atoms with Crippen molar-refractivity contribution in [3.63, 3.8) is 0 Å². The van der Waals surface area contributed by atoms with E-state index in [0.717, 1.165) is 22.3 Å². The maximum atomic E-state index is 14.4. The Hall–Kier alpha value is -0.370. The summed E-state index contributed by atoms with van der Waals surface area (Å²) in [6, 6.07) is 8.60. The van der Waals surface area contributed by atoms with Gasteiger partial charge >= 0.3 is 29.6 Å². The van der Waals surface area contributed by atoms with E-state index in [-0.39, 0.29) is 51.2 Å². The summed E-state index contributed by atoms with van der Waals surface area (Å²) in [6.45, 7) is 25.9. The van der Waals surface area contributed by atoms with Gasteiger partial charge in [-0.15, -0.1) is 0 Å². The fourth-order valence-corrected chi connectivity index (χ4v) is 7.38. The molecule has 0 aliphatic carbocycles. The standard InChI is InChI=1S/C29H43O2P.Na/c1-26(2,3)20-14-18-13-19-15-21(27(4,5)6)17-23(29(10,11)12)25(19)32(30,31)24(18)22(16-20)28(7,8)9;/h14-17H,13H2,1-12H3,(H,30,31);/q;+1/p-1. The van der Waals surface area contributed by atoms with Crippen molar-refractivity contribution in [3.05, 3.63) is 57.6 Å². The summed E-state index contributed by atoms with van der Waals surface area (Å²) < 4.78 is 14.4. The summed E-state index contributed by atoms with van der Waals surface area (Å²) >= 11 is 0. The SMILES string of the molecule is CC(C)(C)c1cc2c(c(C(C)(C)C)c1)P(=O)([O-])c1c(cc(C(C)(C)C)cc1C(C)(C)C)C2.[Na+]. The average molecular weight is 477 g/mol. The summed E-state index contributed by atoms with van der Waals surface area (Å²) in [7, 11) is -4.03. The molecule has 1 aliphatic rings. The summed E-state index contributed by atoms with van der Waals surface area (Å²) in [6.07, 6.45) is 0.664. The fourth-order valence-electron chi connectivity index (χ4n) is 4.68. The second-order valence-electron chi connectivity index (χ2n) is 13.8. The molecule has 2 nitrogen and oxygen atoms in total. The fraction of sp³-hybridized carbons (Fsp3) is 0.586. The van der Waals surface area contributed by atoms with Gasteiger partial charge in [0.05, 0.1) is 7.37 Å². The molecular weight excluding hydrogens is 434 g/mol. The monoisotopic (exact) mass is 476 g/mol. The molecule has 0 saturated heterocycles. The predicted octanol–water partition coefficient (Wildman–Crippen LogP) is 3.37. The number of hydrogen-bond acceptors (Lipinski definition) is 2. The first-order valence-corrected chi connectivity index (χ1v) is 13.5. The van der Waals surface area contributed by atoms with Crippen LogP contribution in [-0.4, -0.2) is 0 Å². The Morgan fingerprint density at radius 2 is 0.909 bits per heavy atom. The van der Waals surface area contributed by atoms with Crippen molar-refractivity contribution in [2.24, 2.45) is 0 Å². The van der Waals surface area contributed by atoms with E-state index in [1.165, 1.54) is 11.1 Å². The number of benzene rings is 2. The second kappa shape index (κ2) is 8.63. The van der Waals surface area contributed by atoms with Crippen LogP contribution in [0.25, 0.3) is 0 Å². The van der Waals surface area contributed by atoms with Gasteiger partial charge in [-0.3, -0.25) is 0 Å². The van der Waals surface area contributed by atoms with Gasteiger partial charge in [0.1, 0.15) is 0 Å². The van der Waals surface area contributed by atoms with Crippen LogP contribution in [0, 0.1) is 0 Å². The smallest absolute Gasteiger partial charge is 0.793 e. The molecule has 0 fully saturated rings. The van der Waals surface area contributed by atoms with Gasteiger partial charge in [-0.05, 0) is 61.5 Å². The van der Waals surface area contributed by atoms with Gasteiger partial charge in [0.25, 0.3) is 0 Å². The van der Waals surface area contributed by atoms with Crippen molar-refractivity contribution in [1.29, 1.82) is 0 Å². The van der Waals surface area contributed by atoms with E-state index < -0.39 is 7.37 Å². The van der Waals surface area contributed by atoms with E-state index in [9.17, 15) is 9.46 Å². The maximum Gasteiger partial charge on any atom is 1.00 e. The number of rotatable bonds is 0. The van der Waals surface area contributed by atoms with Crippen molar-refractivity contribution >= 4 is 18.0 Å². The number of fused-ring (bicyclic) bond motifs is 2. The van der Waals surface area contributed by atoms with Crippen LogP contribution in [0.15, 0.2) is 24.3 Å². The van der Waals surface area contributed by atoms with Gasteiger partial charge < -0.3 is 9.46 Å². The number of hydrogen-bond donors (Lipinski definition) is 0. The van der Waals surface area contributed by atoms with Crippen LogP contribution in [-0.2, 0) is 32.6 Å². The summed E-state index contributed by atoms with van der Waals surface area (Å²) in [5, 5.41) is 1.14. The third-order valence-corrected chi connectivity index (χ3v) is 8.93. The molecule has 1 aliphatic heterocycles. The van der Waals surface area contributed by atoms with Crippen molar-refractivity contribution in [2.45, 2.75) is 111 Å². The molecule has 0 amide bonds. The molecule has 0 radical (unpaired) electrons. The molecule has 0 unspecified atom stereocenters. The van der Waals surface area contributed by atoms with Crippen LogP contribution < -0.4 is 45.1 Å². The summed E-state index contributed by atoms with van der Waals surface area (Å²) in [4.78, 5) is 14.4. The molecule has 0 bridgehead atoms. The van der Waals surface area contributed by atoms with Gasteiger partial charge in [-0.2, -0.15) is 0 Å². The van der Waals surface area contributed by atoms with E-state index in [1.54, 1.807) is 0 Å². The molecule has 0 aromatic heterocycles. The molecule has 4 heteroatoms. The Labute approximate surface area is 224 Å². The summed E-state index contributed by atoms with van der Waals surface area (Å²) in [5.74, 6) is 0. The van der Waals surface area contributed by atoms with E-state index in [0.29, 0.717) is 17.0 Å².